The Morgan fingerprint density at radius 1 is 1.11 bits per heavy atom. The normalized spacial score (nSPS) is 13.1. The minimum Gasteiger partial charge on any atom is -0.326 e. The van der Waals surface area contributed by atoms with Gasteiger partial charge in [0.1, 0.15) is 0 Å². The van der Waals surface area contributed by atoms with E-state index in [0.717, 1.165) is 41.4 Å². The number of anilines is 2. The first-order valence-electron chi connectivity index (χ1n) is 9.27. The minimum atomic E-state index is -0.00677. The Balaban J connectivity index is 1.72. The van der Waals surface area contributed by atoms with Crippen LogP contribution < -0.4 is 15.5 Å². The highest BCUT2D eigenvalue weighted by molar-refractivity contribution is 7.99. The van der Waals surface area contributed by atoms with Gasteiger partial charge in [-0.05, 0) is 56.8 Å². The zero-order chi connectivity index (χ0) is 19.1. The molecule has 1 aliphatic rings. The third-order valence-corrected chi connectivity index (χ3v) is 5.50. The zero-order valence-electron chi connectivity index (χ0n) is 15.5. The summed E-state index contributed by atoms with van der Waals surface area (Å²) in [6.45, 7) is 1.58. The van der Waals surface area contributed by atoms with Crippen molar-refractivity contribution in [2.24, 2.45) is 0 Å². The molecule has 0 aromatic heterocycles. The van der Waals surface area contributed by atoms with E-state index < -0.39 is 0 Å². The number of amides is 2. The maximum absolute atomic E-state index is 12.9. The quantitative estimate of drug-likeness (QED) is 0.715. The molecule has 2 aromatic rings. The monoisotopic (exact) mass is 383 g/mol. The van der Waals surface area contributed by atoms with Crippen molar-refractivity contribution in [3.63, 3.8) is 0 Å². The lowest BCUT2D eigenvalue weighted by Gasteiger charge is -2.29. The van der Waals surface area contributed by atoms with E-state index in [4.69, 9.17) is 0 Å². The molecule has 0 radical (unpaired) electrons. The van der Waals surface area contributed by atoms with E-state index in [1.165, 1.54) is 0 Å². The maximum Gasteiger partial charge on any atom is 0.258 e. The fourth-order valence-electron chi connectivity index (χ4n) is 3.05. The molecule has 1 heterocycles. The van der Waals surface area contributed by atoms with Crippen molar-refractivity contribution in [1.82, 2.24) is 5.32 Å². The van der Waals surface area contributed by atoms with Gasteiger partial charge in [-0.25, -0.2) is 0 Å². The molecular formula is C21H25N3O2S. The molecule has 3 rings (SSSR count). The Morgan fingerprint density at radius 2 is 1.93 bits per heavy atom. The van der Waals surface area contributed by atoms with Crippen LogP contribution in [0.2, 0.25) is 0 Å². The van der Waals surface area contributed by atoms with Gasteiger partial charge in [-0.3, -0.25) is 9.59 Å². The standard InChI is InChI=1S/C21H25N3O2S/c1-22-12-6-5-9-20(25)23-17-10-11-19-18(15-17)24(13-14-27-19)21(26)16-7-3-2-4-8-16/h2-4,7-8,10-11,15,22H,5-6,9,12-14H2,1H3,(H,23,25). The predicted octanol–water partition coefficient (Wildman–Crippen LogP) is 3.77. The van der Waals surface area contributed by atoms with Crippen LogP contribution in [0.15, 0.2) is 53.4 Å². The predicted molar refractivity (Wildman–Crippen MR) is 112 cm³/mol. The molecule has 0 aliphatic carbocycles. The molecule has 5 nitrogen and oxygen atoms in total. The number of thioether (sulfide) groups is 1. The highest BCUT2D eigenvalue weighted by Crippen LogP contribution is 2.37. The summed E-state index contributed by atoms with van der Waals surface area (Å²) in [6.07, 6.45) is 2.33. The van der Waals surface area contributed by atoms with Gasteiger partial charge in [0.15, 0.2) is 0 Å². The molecule has 2 N–H and O–H groups in total. The summed E-state index contributed by atoms with van der Waals surface area (Å²) < 4.78 is 0. The van der Waals surface area contributed by atoms with Crippen LogP contribution in [0.5, 0.6) is 0 Å². The summed E-state index contributed by atoms with van der Waals surface area (Å²) in [7, 11) is 1.91. The van der Waals surface area contributed by atoms with Crippen molar-refractivity contribution >= 4 is 35.0 Å². The van der Waals surface area contributed by atoms with Crippen LogP contribution in [0.3, 0.4) is 0 Å². The van der Waals surface area contributed by atoms with E-state index in [0.29, 0.717) is 18.5 Å². The van der Waals surface area contributed by atoms with Crippen LogP contribution in [-0.2, 0) is 4.79 Å². The van der Waals surface area contributed by atoms with Crippen LogP contribution in [0, 0.1) is 0 Å². The first-order chi connectivity index (χ1) is 13.2. The SMILES string of the molecule is CNCCCCC(=O)Nc1ccc2c(c1)N(C(=O)c1ccccc1)CCS2. The highest BCUT2D eigenvalue weighted by atomic mass is 32.2. The highest BCUT2D eigenvalue weighted by Gasteiger charge is 2.24. The molecule has 1 aliphatic heterocycles. The molecule has 2 aromatic carbocycles. The molecule has 0 spiro atoms. The Kier molecular flexibility index (Phi) is 6.90. The van der Waals surface area contributed by atoms with Crippen LogP contribution >= 0.6 is 11.8 Å². The Hall–Kier alpha value is -2.31. The second-order valence-electron chi connectivity index (χ2n) is 6.46. The molecule has 6 heteroatoms. The molecule has 0 atom stereocenters. The van der Waals surface area contributed by atoms with Crippen LogP contribution in [0.4, 0.5) is 11.4 Å². The van der Waals surface area contributed by atoms with Gasteiger partial charge in [0.2, 0.25) is 5.91 Å². The zero-order valence-corrected chi connectivity index (χ0v) is 16.3. The number of nitrogens with zero attached hydrogens (tertiary/aromatic N) is 1. The topological polar surface area (TPSA) is 61.4 Å². The molecule has 27 heavy (non-hydrogen) atoms. The van der Waals surface area contributed by atoms with Crippen molar-refractivity contribution in [2.75, 3.05) is 36.1 Å². The van der Waals surface area contributed by atoms with Gasteiger partial charge in [-0.15, -0.1) is 11.8 Å². The number of unbranched alkanes of at least 4 members (excludes halogenated alkanes) is 1. The van der Waals surface area contributed by atoms with E-state index in [9.17, 15) is 9.59 Å². The largest absolute Gasteiger partial charge is 0.326 e. The lowest BCUT2D eigenvalue weighted by molar-refractivity contribution is -0.116. The second kappa shape index (κ2) is 9.58. The molecule has 2 amide bonds. The molecule has 142 valence electrons. The average molecular weight is 384 g/mol. The number of rotatable bonds is 7. The van der Waals surface area contributed by atoms with Crippen molar-refractivity contribution in [3.8, 4) is 0 Å². The van der Waals surface area contributed by atoms with Gasteiger partial charge >= 0.3 is 0 Å². The van der Waals surface area contributed by atoms with Crippen molar-refractivity contribution < 1.29 is 9.59 Å². The summed E-state index contributed by atoms with van der Waals surface area (Å²) in [6, 6.07) is 15.1. The van der Waals surface area contributed by atoms with E-state index in [1.54, 1.807) is 11.8 Å². The van der Waals surface area contributed by atoms with Gasteiger partial charge in [0.05, 0.1) is 5.69 Å². The maximum atomic E-state index is 12.9. The smallest absolute Gasteiger partial charge is 0.258 e. The van der Waals surface area contributed by atoms with Crippen molar-refractivity contribution in [1.29, 1.82) is 0 Å². The molecule has 0 saturated heterocycles. The third kappa shape index (κ3) is 5.11. The number of carbonyl (C=O) groups is 2. The van der Waals surface area contributed by atoms with Gasteiger partial charge in [-0.1, -0.05) is 18.2 Å². The van der Waals surface area contributed by atoms with Gasteiger partial charge < -0.3 is 15.5 Å². The molecule has 0 unspecified atom stereocenters. The lowest BCUT2D eigenvalue weighted by atomic mass is 10.1. The molecule has 0 fully saturated rings. The van der Waals surface area contributed by atoms with Crippen LogP contribution in [0.25, 0.3) is 0 Å². The first-order valence-corrected chi connectivity index (χ1v) is 10.3. The second-order valence-corrected chi connectivity index (χ2v) is 7.60. The van der Waals surface area contributed by atoms with Gasteiger partial charge in [0, 0.05) is 34.9 Å². The number of hydrogen-bond acceptors (Lipinski definition) is 4. The fourth-order valence-corrected chi connectivity index (χ4v) is 4.03. The molecular weight excluding hydrogens is 358 g/mol. The lowest BCUT2D eigenvalue weighted by Crippen LogP contribution is -2.35. The van der Waals surface area contributed by atoms with Gasteiger partial charge in [0.25, 0.3) is 5.91 Å². The van der Waals surface area contributed by atoms with Crippen LogP contribution in [0.1, 0.15) is 29.6 Å². The van der Waals surface area contributed by atoms with Gasteiger partial charge in [-0.2, -0.15) is 0 Å². The Morgan fingerprint density at radius 3 is 2.70 bits per heavy atom. The number of carbonyl (C=O) groups excluding carboxylic acids is 2. The Bertz CT molecular complexity index is 795. The summed E-state index contributed by atoms with van der Waals surface area (Å²) in [5.74, 6) is 0.867. The van der Waals surface area contributed by atoms with Crippen molar-refractivity contribution in [2.45, 2.75) is 24.2 Å². The first kappa shape index (κ1) is 19.5. The van der Waals surface area contributed by atoms with E-state index in [1.807, 2.05) is 60.5 Å². The summed E-state index contributed by atoms with van der Waals surface area (Å²) >= 11 is 1.74. The van der Waals surface area contributed by atoms with E-state index in [2.05, 4.69) is 10.6 Å². The summed E-state index contributed by atoms with van der Waals surface area (Å²) in [5, 5.41) is 6.04. The van der Waals surface area contributed by atoms with E-state index >= 15 is 0 Å². The summed E-state index contributed by atoms with van der Waals surface area (Å²) in [5.41, 5.74) is 2.28. The molecule has 0 bridgehead atoms. The fraction of sp³-hybridized carbons (Fsp3) is 0.333. The molecule has 0 saturated carbocycles. The number of benzene rings is 2. The number of hydrogen-bond donors (Lipinski definition) is 2. The van der Waals surface area contributed by atoms with E-state index in [-0.39, 0.29) is 11.8 Å². The van der Waals surface area contributed by atoms with Crippen molar-refractivity contribution in [3.05, 3.63) is 54.1 Å². The Labute approximate surface area is 164 Å². The number of nitrogens with one attached hydrogen (secondary N) is 2. The average Bonchev–Trinajstić information content (AvgIpc) is 2.71. The summed E-state index contributed by atoms with van der Waals surface area (Å²) in [4.78, 5) is 28.0. The minimum absolute atomic E-state index is 0.00677. The van der Waals surface area contributed by atoms with Crippen LogP contribution in [-0.4, -0.2) is 37.7 Å². The third-order valence-electron chi connectivity index (χ3n) is 4.45. The number of fused-ring (bicyclic) bond motifs is 1.